The van der Waals surface area contributed by atoms with Crippen molar-refractivity contribution in [2.75, 3.05) is 14.7 Å². The molecule has 4 heterocycles. The molecule has 0 saturated heterocycles. The Morgan fingerprint density at radius 2 is 0.765 bits per heavy atom. The number of hydrogen-bond acceptors (Lipinski definition) is 6. The predicted octanol–water partition coefficient (Wildman–Crippen LogP) is 19.7. The summed E-state index contributed by atoms with van der Waals surface area (Å²) in [5.41, 5.74) is 16.2. The molecule has 2 aliphatic heterocycles. The van der Waals surface area contributed by atoms with Gasteiger partial charge in [-0.15, -0.1) is 22.7 Å². The molecule has 13 aromatic carbocycles. The first kappa shape index (κ1) is 46.0. The van der Waals surface area contributed by atoms with Gasteiger partial charge in [-0.1, -0.05) is 140 Å². The largest absolute Gasteiger partial charge is 0.458 e. The minimum absolute atomic E-state index is 0.0773. The minimum atomic E-state index is -0.0773. The molecule has 378 valence electrons. The normalized spacial score (nSPS) is 12.5. The zero-order chi connectivity index (χ0) is 53.1. The molecule has 81 heavy (non-hydrogen) atoms. The molecule has 17 rings (SSSR count). The first-order valence-corrected chi connectivity index (χ1v) is 29.2. The lowest BCUT2D eigenvalue weighted by atomic mass is 9.34. The summed E-state index contributed by atoms with van der Waals surface area (Å²) in [5.74, 6) is 1.81. The number of rotatable bonds is 8. The maximum atomic E-state index is 7.21. The van der Waals surface area contributed by atoms with Gasteiger partial charge >= 0.3 is 0 Å². The average molecular weight is 1070 g/mol. The quantitative estimate of drug-likeness (QED) is 0.141. The second kappa shape index (κ2) is 18.3. The standard InChI is InChI=1S/C74H46BN3OS2/c1-6-19-47(20-7-1)58-29-16-17-30-65(58)78-66-31-18-32-68-74(66)75(63-45-72-61(43-67(63)78)59-39-48-33-35-56(37-50(48)41-70(59)80-72)76(52-21-8-2-9-22-52)53-23-10-3-11-24-53)64-46-73-62(44-69(64)79-68)60-40-49-34-36-57(38-51(49)42-71(60)81-73)77(54-25-12-4-13-26-54)55-27-14-5-15-28-55/h1-46H. The number of nitrogens with zero attached hydrogens (tertiary/aromatic N) is 3. The third-order valence-corrected chi connectivity index (χ3v) is 18.8. The van der Waals surface area contributed by atoms with Crippen LogP contribution in [-0.4, -0.2) is 6.71 Å². The molecule has 0 atom stereocenters. The van der Waals surface area contributed by atoms with E-state index in [4.69, 9.17) is 4.74 Å². The van der Waals surface area contributed by atoms with Crippen molar-refractivity contribution >= 4 is 159 Å². The van der Waals surface area contributed by atoms with Crippen molar-refractivity contribution in [3.63, 3.8) is 0 Å². The van der Waals surface area contributed by atoms with Crippen LogP contribution in [0.1, 0.15) is 0 Å². The van der Waals surface area contributed by atoms with E-state index in [1.165, 1.54) is 95.1 Å². The molecule has 0 aliphatic carbocycles. The van der Waals surface area contributed by atoms with Gasteiger partial charge < -0.3 is 19.4 Å². The molecule has 0 bridgehead atoms. The average Bonchev–Trinajstić information content (AvgIpc) is 4.29. The van der Waals surface area contributed by atoms with E-state index in [0.717, 1.165) is 57.0 Å². The summed E-state index contributed by atoms with van der Waals surface area (Å²) in [4.78, 5) is 7.21. The molecule has 7 heteroatoms. The highest BCUT2D eigenvalue weighted by Gasteiger charge is 2.43. The fourth-order valence-corrected chi connectivity index (χ4v) is 15.3. The fraction of sp³-hybridized carbons (Fsp3) is 0. The SMILES string of the molecule is c1ccc(-c2ccccc2N2c3cc4c(cc3B3c5cc6sc7cc8cc(N(c9ccccc9)c9ccccc9)ccc8cc7c6cc5Oc5cccc2c53)sc2cc3cc(N(c5ccccc5)c5ccccc5)ccc3cc24)cc1. The van der Waals surface area contributed by atoms with Gasteiger partial charge in [-0.05, 0) is 183 Å². The van der Waals surface area contributed by atoms with Crippen molar-refractivity contribution < 1.29 is 4.74 Å². The predicted molar refractivity (Wildman–Crippen MR) is 348 cm³/mol. The van der Waals surface area contributed by atoms with E-state index in [-0.39, 0.29) is 6.71 Å². The Bertz CT molecular complexity index is 4910. The van der Waals surface area contributed by atoms with Crippen LogP contribution in [0.25, 0.3) is 73.0 Å². The van der Waals surface area contributed by atoms with E-state index in [1.54, 1.807) is 0 Å². The number of ether oxygens (including phenoxy) is 1. The molecule has 0 radical (unpaired) electrons. The molecule has 15 aromatic rings. The van der Waals surface area contributed by atoms with Crippen LogP contribution in [0.15, 0.2) is 279 Å². The van der Waals surface area contributed by atoms with Crippen LogP contribution in [0.5, 0.6) is 11.5 Å². The summed E-state index contributed by atoms with van der Waals surface area (Å²) in [6, 6.07) is 102. The van der Waals surface area contributed by atoms with Gasteiger partial charge in [0.1, 0.15) is 11.5 Å². The summed E-state index contributed by atoms with van der Waals surface area (Å²) < 4.78 is 12.3. The molecular weight excluding hydrogens is 1020 g/mol. The Morgan fingerprint density at radius 3 is 1.32 bits per heavy atom. The Labute approximate surface area is 476 Å². The van der Waals surface area contributed by atoms with Crippen molar-refractivity contribution in [2.24, 2.45) is 0 Å². The van der Waals surface area contributed by atoms with Crippen molar-refractivity contribution in [1.29, 1.82) is 0 Å². The summed E-state index contributed by atoms with van der Waals surface area (Å²) >= 11 is 3.77. The maximum absolute atomic E-state index is 7.21. The molecule has 0 N–H and O–H groups in total. The third kappa shape index (κ3) is 7.43. The van der Waals surface area contributed by atoms with Gasteiger partial charge in [0.25, 0.3) is 6.71 Å². The Hall–Kier alpha value is -9.92. The van der Waals surface area contributed by atoms with Crippen LogP contribution in [-0.2, 0) is 0 Å². The second-order valence-electron chi connectivity index (χ2n) is 21.2. The zero-order valence-electron chi connectivity index (χ0n) is 43.7. The number of thiophene rings is 2. The molecular formula is C74H46BN3OS2. The Morgan fingerprint density at radius 1 is 0.309 bits per heavy atom. The first-order chi connectivity index (χ1) is 40.1. The topological polar surface area (TPSA) is 19.0 Å². The van der Waals surface area contributed by atoms with Crippen LogP contribution in [0, 0.1) is 0 Å². The molecule has 0 amide bonds. The van der Waals surface area contributed by atoms with Crippen molar-refractivity contribution in [1.82, 2.24) is 0 Å². The summed E-state index contributed by atoms with van der Waals surface area (Å²) in [6.45, 7) is -0.0773. The van der Waals surface area contributed by atoms with E-state index in [0.29, 0.717) is 0 Å². The molecule has 2 aromatic heterocycles. The smallest absolute Gasteiger partial charge is 0.256 e. The lowest BCUT2D eigenvalue weighted by Crippen LogP contribution is -2.59. The highest BCUT2D eigenvalue weighted by molar-refractivity contribution is 7.26. The summed E-state index contributed by atoms with van der Waals surface area (Å²) in [7, 11) is 0. The number of benzene rings is 13. The van der Waals surface area contributed by atoms with Gasteiger partial charge in [0.15, 0.2) is 0 Å². The Kier molecular flexibility index (Phi) is 10.4. The molecule has 0 fully saturated rings. The van der Waals surface area contributed by atoms with Crippen molar-refractivity contribution in [2.45, 2.75) is 0 Å². The lowest BCUT2D eigenvalue weighted by Gasteiger charge is -2.40. The van der Waals surface area contributed by atoms with Gasteiger partial charge in [0.05, 0.1) is 5.69 Å². The van der Waals surface area contributed by atoms with Crippen LogP contribution < -0.4 is 35.8 Å². The zero-order valence-corrected chi connectivity index (χ0v) is 45.3. The number of hydrogen-bond donors (Lipinski definition) is 0. The minimum Gasteiger partial charge on any atom is -0.458 e. The molecule has 0 spiro atoms. The lowest BCUT2D eigenvalue weighted by molar-refractivity contribution is 0.488. The van der Waals surface area contributed by atoms with E-state index < -0.39 is 0 Å². The van der Waals surface area contributed by atoms with Gasteiger partial charge in [-0.25, -0.2) is 0 Å². The third-order valence-electron chi connectivity index (χ3n) is 16.6. The number of para-hydroxylation sites is 5. The Balaban J connectivity index is 0.846. The first-order valence-electron chi connectivity index (χ1n) is 27.6. The van der Waals surface area contributed by atoms with Crippen LogP contribution in [0.2, 0.25) is 0 Å². The van der Waals surface area contributed by atoms with Crippen molar-refractivity contribution in [3.8, 4) is 22.6 Å². The van der Waals surface area contributed by atoms with Gasteiger partial charge in [0.2, 0.25) is 0 Å². The van der Waals surface area contributed by atoms with E-state index in [9.17, 15) is 0 Å². The van der Waals surface area contributed by atoms with Crippen molar-refractivity contribution in [3.05, 3.63) is 279 Å². The molecule has 2 aliphatic rings. The van der Waals surface area contributed by atoms with Gasteiger partial charge in [-0.2, -0.15) is 0 Å². The molecule has 0 unspecified atom stereocenters. The van der Waals surface area contributed by atoms with Crippen LogP contribution in [0.4, 0.5) is 51.2 Å². The maximum Gasteiger partial charge on any atom is 0.256 e. The van der Waals surface area contributed by atoms with E-state index in [2.05, 4.69) is 294 Å². The summed E-state index contributed by atoms with van der Waals surface area (Å²) in [5, 5.41) is 9.83. The van der Waals surface area contributed by atoms with Gasteiger partial charge in [-0.3, -0.25) is 0 Å². The molecule has 4 nitrogen and oxygen atoms in total. The number of fused-ring (bicyclic) bond motifs is 12. The highest BCUT2D eigenvalue weighted by atomic mass is 32.1. The van der Waals surface area contributed by atoms with E-state index >= 15 is 0 Å². The van der Waals surface area contributed by atoms with E-state index in [1.807, 2.05) is 22.7 Å². The van der Waals surface area contributed by atoms with Crippen LogP contribution in [0.3, 0.4) is 0 Å². The van der Waals surface area contributed by atoms with Crippen LogP contribution >= 0.6 is 22.7 Å². The summed E-state index contributed by atoms with van der Waals surface area (Å²) in [6.07, 6.45) is 0. The fourth-order valence-electron chi connectivity index (χ4n) is 12.9. The monoisotopic (exact) mass is 1070 g/mol. The second-order valence-corrected chi connectivity index (χ2v) is 23.4. The van der Waals surface area contributed by atoms with Gasteiger partial charge in [0, 0.05) is 91.4 Å². The number of anilines is 9. The molecule has 0 saturated carbocycles. The highest BCUT2D eigenvalue weighted by Crippen LogP contribution is 2.49.